The Morgan fingerprint density at radius 2 is 1.82 bits per heavy atom. The van der Waals surface area contributed by atoms with Crippen molar-refractivity contribution in [2.24, 2.45) is 5.10 Å². The van der Waals surface area contributed by atoms with E-state index in [9.17, 15) is 9.59 Å². The zero-order chi connectivity index (χ0) is 23.6. The normalized spacial score (nSPS) is 13.2. The predicted octanol–water partition coefficient (Wildman–Crippen LogP) is 4.15. The van der Waals surface area contributed by atoms with E-state index in [4.69, 9.17) is 14.2 Å². The number of nitrogens with zero attached hydrogens (tertiary/aromatic N) is 2. The summed E-state index contributed by atoms with van der Waals surface area (Å²) in [6.07, 6.45) is 3.92. The smallest absolute Gasteiger partial charge is 0.344 e. The van der Waals surface area contributed by atoms with Crippen LogP contribution in [0.5, 0.6) is 11.5 Å². The molecule has 0 aliphatic carbocycles. The lowest BCUT2D eigenvalue weighted by atomic mass is 10.2. The number of amides is 1. The summed E-state index contributed by atoms with van der Waals surface area (Å²) in [5.74, 6) is 0.0806. The maximum atomic E-state index is 12.4. The molecular formula is C24H28BrN3O5. The molecule has 2 aromatic rings. The van der Waals surface area contributed by atoms with Crippen LogP contribution in [0.25, 0.3) is 0 Å². The van der Waals surface area contributed by atoms with E-state index in [0.717, 1.165) is 18.8 Å². The molecule has 1 aliphatic rings. The standard InChI is InChI=1S/C24H28BrN3O5/c1-3-31-21-14-17(13-20(25)23(21)33-16-22(29)32-4-2)15-26-27-24(30)18-7-9-19(10-8-18)28-11-5-6-12-28/h7-10,13-15H,3-6,11-12,16H2,1-2H3,(H,27,30)/b26-15-. The zero-order valence-electron chi connectivity index (χ0n) is 18.8. The summed E-state index contributed by atoms with van der Waals surface area (Å²) in [5.41, 5.74) is 4.89. The van der Waals surface area contributed by atoms with Gasteiger partial charge in [0.15, 0.2) is 18.1 Å². The van der Waals surface area contributed by atoms with Gasteiger partial charge in [-0.15, -0.1) is 0 Å². The highest BCUT2D eigenvalue weighted by atomic mass is 79.9. The first kappa shape index (κ1) is 24.6. The van der Waals surface area contributed by atoms with Crippen LogP contribution in [0.1, 0.15) is 42.6 Å². The lowest BCUT2D eigenvalue weighted by Gasteiger charge is -2.17. The number of hydrogen-bond acceptors (Lipinski definition) is 7. The van der Waals surface area contributed by atoms with Gasteiger partial charge in [-0.25, -0.2) is 10.2 Å². The van der Waals surface area contributed by atoms with E-state index in [0.29, 0.717) is 33.7 Å². The van der Waals surface area contributed by atoms with Crippen LogP contribution in [0, 0.1) is 0 Å². The summed E-state index contributed by atoms with van der Waals surface area (Å²) in [7, 11) is 0. The second-order valence-electron chi connectivity index (χ2n) is 7.30. The van der Waals surface area contributed by atoms with E-state index < -0.39 is 5.97 Å². The maximum absolute atomic E-state index is 12.4. The average Bonchev–Trinajstić information content (AvgIpc) is 3.34. The minimum Gasteiger partial charge on any atom is -0.490 e. The number of hydrogen-bond donors (Lipinski definition) is 1. The van der Waals surface area contributed by atoms with E-state index in [1.54, 1.807) is 31.2 Å². The topological polar surface area (TPSA) is 89.5 Å². The van der Waals surface area contributed by atoms with Crippen molar-refractivity contribution in [2.75, 3.05) is 37.8 Å². The summed E-state index contributed by atoms with van der Waals surface area (Å²) < 4.78 is 16.7. The molecule has 1 amide bonds. The molecule has 1 fully saturated rings. The van der Waals surface area contributed by atoms with Gasteiger partial charge >= 0.3 is 5.97 Å². The Kier molecular flexibility index (Phi) is 9.12. The molecule has 1 saturated heterocycles. The van der Waals surface area contributed by atoms with E-state index >= 15 is 0 Å². The molecule has 33 heavy (non-hydrogen) atoms. The largest absolute Gasteiger partial charge is 0.490 e. The van der Waals surface area contributed by atoms with Gasteiger partial charge in [-0.2, -0.15) is 5.10 Å². The summed E-state index contributed by atoms with van der Waals surface area (Å²) >= 11 is 3.44. The highest BCUT2D eigenvalue weighted by Crippen LogP contribution is 2.36. The number of carbonyl (C=O) groups is 2. The number of ether oxygens (including phenoxy) is 3. The Hall–Kier alpha value is -3.07. The van der Waals surface area contributed by atoms with Crippen LogP contribution in [0.4, 0.5) is 5.69 Å². The number of rotatable bonds is 10. The Morgan fingerprint density at radius 1 is 1.09 bits per heavy atom. The first-order chi connectivity index (χ1) is 16.0. The van der Waals surface area contributed by atoms with E-state index in [-0.39, 0.29) is 19.1 Å². The summed E-state index contributed by atoms with van der Waals surface area (Å²) in [4.78, 5) is 26.3. The number of esters is 1. The first-order valence-electron chi connectivity index (χ1n) is 10.9. The highest BCUT2D eigenvalue weighted by Gasteiger charge is 2.15. The number of nitrogens with one attached hydrogen (secondary N) is 1. The molecular weight excluding hydrogens is 490 g/mol. The van der Waals surface area contributed by atoms with E-state index in [1.165, 1.54) is 19.1 Å². The van der Waals surface area contributed by atoms with Gasteiger partial charge in [0.05, 0.1) is 23.9 Å². The number of benzene rings is 2. The van der Waals surface area contributed by atoms with Crippen molar-refractivity contribution in [3.05, 3.63) is 52.0 Å². The zero-order valence-corrected chi connectivity index (χ0v) is 20.4. The van der Waals surface area contributed by atoms with Gasteiger partial charge in [0.1, 0.15) is 0 Å². The van der Waals surface area contributed by atoms with E-state index in [2.05, 4.69) is 31.4 Å². The monoisotopic (exact) mass is 517 g/mol. The molecule has 0 bridgehead atoms. The maximum Gasteiger partial charge on any atom is 0.344 e. The molecule has 0 unspecified atom stereocenters. The molecule has 9 heteroatoms. The fourth-order valence-corrected chi connectivity index (χ4v) is 4.00. The highest BCUT2D eigenvalue weighted by molar-refractivity contribution is 9.10. The van der Waals surface area contributed by atoms with Crippen molar-refractivity contribution >= 4 is 39.7 Å². The van der Waals surface area contributed by atoms with Crippen LogP contribution in [-0.4, -0.2) is 51.0 Å². The number of halogens is 1. The Morgan fingerprint density at radius 3 is 2.48 bits per heavy atom. The van der Waals surface area contributed by atoms with Crippen LogP contribution >= 0.6 is 15.9 Å². The second-order valence-corrected chi connectivity index (χ2v) is 8.15. The third-order valence-electron chi connectivity index (χ3n) is 4.95. The minimum absolute atomic E-state index is 0.230. The van der Waals surface area contributed by atoms with Crippen molar-refractivity contribution in [1.82, 2.24) is 5.43 Å². The van der Waals surface area contributed by atoms with Gasteiger partial charge in [0, 0.05) is 24.3 Å². The molecule has 0 aromatic heterocycles. The molecule has 0 saturated carbocycles. The van der Waals surface area contributed by atoms with Crippen molar-refractivity contribution in [1.29, 1.82) is 0 Å². The Bertz CT molecular complexity index is 988. The molecule has 0 spiro atoms. The van der Waals surface area contributed by atoms with E-state index in [1.807, 2.05) is 19.1 Å². The third-order valence-corrected chi connectivity index (χ3v) is 5.54. The molecule has 2 aromatic carbocycles. The molecule has 1 N–H and O–H groups in total. The van der Waals surface area contributed by atoms with Gasteiger partial charge in [-0.05, 0) is 84.6 Å². The van der Waals surface area contributed by atoms with Crippen molar-refractivity contribution < 1.29 is 23.8 Å². The number of hydrazone groups is 1. The predicted molar refractivity (Wildman–Crippen MR) is 130 cm³/mol. The van der Waals surface area contributed by atoms with Crippen LogP contribution in [-0.2, 0) is 9.53 Å². The molecule has 3 rings (SSSR count). The molecule has 8 nitrogen and oxygen atoms in total. The number of carbonyl (C=O) groups excluding carboxylic acids is 2. The lowest BCUT2D eigenvalue weighted by molar-refractivity contribution is -0.145. The average molecular weight is 518 g/mol. The fourth-order valence-electron chi connectivity index (χ4n) is 3.43. The van der Waals surface area contributed by atoms with Gasteiger partial charge < -0.3 is 19.1 Å². The Labute approximate surface area is 202 Å². The van der Waals surface area contributed by atoms with Gasteiger partial charge in [-0.1, -0.05) is 0 Å². The lowest BCUT2D eigenvalue weighted by Crippen LogP contribution is -2.19. The van der Waals surface area contributed by atoms with Gasteiger partial charge in [-0.3, -0.25) is 4.79 Å². The van der Waals surface area contributed by atoms with Crippen molar-refractivity contribution in [3.8, 4) is 11.5 Å². The van der Waals surface area contributed by atoms with Crippen molar-refractivity contribution in [2.45, 2.75) is 26.7 Å². The first-order valence-corrected chi connectivity index (χ1v) is 11.7. The summed E-state index contributed by atoms with van der Waals surface area (Å²) in [6, 6.07) is 11.0. The van der Waals surface area contributed by atoms with Crippen molar-refractivity contribution in [3.63, 3.8) is 0 Å². The van der Waals surface area contributed by atoms with Crippen LogP contribution in [0.3, 0.4) is 0 Å². The molecule has 0 atom stereocenters. The Balaban J connectivity index is 1.63. The fraction of sp³-hybridized carbons (Fsp3) is 0.375. The minimum atomic E-state index is -0.464. The molecule has 0 radical (unpaired) electrons. The third kappa shape index (κ3) is 6.95. The summed E-state index contributed by atoms with van der Waals surface area (Å²) in [6.45, 7) is 6.16. The summed E-state index contributed by atoms with van der Waals surface area (Å²) in [5, 5.41) is 4.06. The molecule has 176 valence electrons. The van der Waals surface area contributed by atoms with Crippen LogP contribution < -0.4 is 19.8 Å². The SMILES string of the molecule is CCOC(=O)COc1c(Br)cc(/C=N\NC(=O)c2ccc(N3CCCC3)cc2)cc1OCC. The molecule has 1 heterocycles. The van der Waals surface area contributed by atoms with Gasteiger partial charge in [0.25, 0.3) is 5.91 Å². The number of anilines is 1. The molecule has 1 aliphatic heterocycles. The van der Waals surface area contributed by atoms with Gasteiger partial charge in [0.2, 0.25) is 0 Å². The van der Waals surface area contributed by atoms with Crippen LogP contribution in [0.15, 0.2) is 46.0 Å². The van der Waals surface area contributed by atoms with Crippen LogP contribution in [0.2, 0.25) is 0 Å². The second kappa shape index (κ2) is 12.2. The quantitative estimate of drug-likeness (QED) is 0.289.